The van der Waals surface area contributed by atoms with E-state index in [4.69, 9.17) is 9.47 Å². The lowest BCUT2D eigenvalue weighted by Gasteiger charge is -2.19. The molecule has 4 rings (SSSR count). The molecule has 0 fully saturated rings. The molecule has 6 heteroatoms. The van der Waals surface area contributed by atoms with Gasteiger partial charge in [0.25, 0.3) is 5.91 Å². The molecule has 0 spiro atoms. The smallest absolute Gasteiger partial charge is 0.278 e. The van der Waals surface area contributed by atoms with Crippen LogP contribution in [0.25, 0.3) is 0 Å². The van der Waals surface area contributed by atoms with Gasteiger partial charge in [-0.05, 0) is 43.0 Å². The Labute approximate surface area is 174 Å². The zero-order chi connectivity index (χ0) is 20.2. The number of ether oxygens (including phenoxy) is 2. The van der Waals surface area contributed by atoms with Gasteiger partial charge >= 0.3 is 0 Å². The van der Waals surface area contributed by atoms with Gasteiger partial charge in [-0.15, -0.1) is 11.3 Å². The number of amides is 1. The Kier molecular flexibility index (Phi) is 5.83. The van der Waals surface area contributed by atoms with Crippen molar-refractivity contribution in [1.82, 2.24) is 5.32 Å². The molecule has 1 aromatic heterocycles. The van der Waals surface area contributed by atoms with Crippen LogP contribution in [0.5, 0.6) is 11.5 Å². The molecule has 1 aliphatic rings. The molecular weight excluding hydrogens is 384 g/mol. The molecule has 0 saturated carbocycles. The number of nitrogens with two attached hydrogens (primary N) is 1. The zero-order valence-corrected chi connectivity index (χ0v) is 17.4. The predicted molar refractivity (Wildman–Crippen MR) is 113 cm³/mol. The quantitative estimate of drug-likeness (QED) is 0.630. The fraction of sp³-hybridized carbons (Fsp3) is 0.261. The monoisotopic (exact) mass is 409 g/mol. The summed E-state index contributed by atoms with van der Waals surface area (Å²) >= 11 is 1.72. The van der Waals surface area contributed by atoms with Crippen LogP contribution in [0, 0.1) is 6.92 Å². The molecule has 3 N–H and O–H groups in total. The minimum Gasteiger partial charge on any atom is -0.454 e. The van der Waals surface area contributed by atoms with E-state index in [2.05, 4.69) is 59.3 Å². The highest BCUT2D eigenvalue weighted by atomic mass is 32.1. The van der Waals surface area contributed by atoms with Crippen molar-refractivity contribution in [3.8, 4) is 11.5 Å². The lowest BCUT2D eigenvalue weighted by atomic mass is 10.0. The number of carbonyl (C=O) groups is 1. The van der Waals surface area contributed by atoms with Crippen molar-refractivity contribution in [1.29, 1.82) is 0 Å². The molecule has 0 unspecified atom stereocenters. The summed E-state index contributed by atoms with van der Waals surface area (Å²) in [5.74, 6) is 1.49. The molecule has 2 aromatic carbocycles. The summed E-state index contributed by atoms with van der Waals surface area (Å²) in [6.45, 7) is 4.74. The first-order valence-corrected chi connectivity index (χ1v) is 10.6. The van der Waals surface area contributed by atoms with Gasteiger partial charge in [-0.2, -0.15) is 0 Å². The third-order valence-electron chi connectivity index (χ3n) is 5.08. The van der Waals surface area contributed by atoms with Gasteiger partial charge in [0.1, 0.15) is 6.04 Å². The third kappa shape index (κ3) is 4.60. The van der Waals surface area contributed by atoms with E-state index in [0.717, 1.165) is 17.1 Å². The van der Waals surface area contributed by atoms with Crippen LogP contribution in [-0.4, -0.2) is 18.7 Å². The first kappa shape index (κ1) is 19.5. The number of hydrogen-bond acceptors (Lipinski definition) is 4. The van der Waals surface area contributed by atoms with Crippen LogP contribution in [0.1, 0.15) is 34.5 Å². The van der Waals surface area contributed by atoms with E-state index in [1.807, 2.05) is 25.1 Å². The van der Waals surface area contributed by atoms with E-state index >= 15 is 0 Å². The minimum atomic E-state index is -0.225. The first-order valence-electron chi connectivity index (χ1n) is 9.71. The van der Waals surface area contributed by atoms with Crippen LogP contribution in [0.2, 0.25) is 0 Å². The third-order valence-corrected chi connectivity index (χ3v) is 6.04. The van der Waals surface area contributed by atoms with Gasteiger partial charge < -0.3 is 20.1 Å². The van der Waals surface area contributed by atoms with Crippen molar-refractivity contribution < 1.29 is 19.6 Å². The summed E-state index contributed by atoms with van der Waals surface area (Å²) < 4.78 is 10.7. The fourth-order valence-corrected chi connectivity index (χ4v) is 4.22. The van der Waals surface area contributed by atoms with Gasteiger partial charge in [-0.25, -0.2) is 0 Å². The number of hydrogen-bond donors (Lipinski definition) is 2. The molecule has 3 aromatic rings. The number of benzene rings is 2. The number of rotatable bonds is 7. The second kappa shape index (κ2) is 8.68. The van der Waals surface area contributed by atoms with Crippen LogP contribution in [-0.2, 0) is 11.3 Å². The zero-order valence-electron chi connectivity index (χ0n) is 16.6. The summed E-state index contributed by atoms with van der Waals surface area (Å²) in [5, 5.41) is 7.25. The van der Waals surface area contributed by atoms with Crippen LogP contribution in [0.4, 0.5) is 0 Å². The van der Waals surface area contributed by atoms with E-state index in [0.29, 0.717) is 6.54 Å². The first-order chi connectivity index (χ1) is 14.1. The number of carbonyl (C=O) groups excluding carboxylic acids is 1. The maximum atomic E-state index is 12.7. The maximum Gasteiger partial charge on any atom is 0.278 e. The van der Waals surface area contributed by atoms with Crippen molar-refractivity contribution in [2.75, 3.05) is 6.79 Å². The highest BCUT2D eigenvalue weighted by molar-refractivity contribution is 7.10. The topological polar surface area (TPSA) is 64.2 Å². The van der Waals surface area contributed by atoms with Gasteiger partial charge in [0.2, 0.25) is 6.79 Å². The van der Waals surface area contributed by atoms with Gasteiger partial charge in [0.05, 0.1) is 4.88 Å². The number of quaternary nitrogens is 1. The average Bonchev–Trinajstić information content (AvgIpc) is 3.42. The molecule has 0 aliphatic carbocycles. The largest absolute Gasteiger partial charge is 0.454 e. The van der Waals surface area contributed by atoms with Crippen molar-refractivity contribution >= 4 is 17.2 Å². The number of nitrogens with one attached hydrogen (secondary N) is 1. The van der Waals surface area contributed by atoms with Gasteiger partial charge in [-0.3, -0.25) is 4.79 Å². The lowest BCUT2D eigenvalue weighted by Crippen LogP contribution is -2.92. The van der Waals surface area contributed by atoms with Crippen molar-refractivity contribution in [3.05, 3.63) is 81.5 Å². The summed E-state index contributed by atoms with van der Waals surface area (Å²) in [4.78, 5) is 14.0. The van der Waals surface area contributed by atoms with E-state index in [9.17, 15) is 4.79 Å². The second-order valence-electron chi connectivity index (χ2n) is 7.29. The molecule has 0 radical (unpaired) electrons. The Balaban J connectivity index is 1.41. The summed E-state index contributed by atoms with van der Waals surface area (Å²) in [5.41, 5.74) is 3.42. The normalized spacial score (nSPS) is 14.4. The minimum absolute atomic E-state index is 0.0105. The Hall–Kier alpha value is -2.83. The fourth-order valence-electron chi connectivity index (χ4n) is 3.39. The Morgan fingerprint density at radius 3 is 2.69 bits per heavy atom. The molecule has 2 atom stereocenters. The van der Waals surface area contributed by atoms with E-state index in [-0.39, 0.29) is 24.8 Å². The SMILES string of the molecule is Cc1ccc([C@@H]([NH2+][C@H](C)C(=O)NCc2ccc3c(c2)OCO3)c2cccs2)cc1. The Morgan fingerprint density at radius 1 is 1.14 bits per heavy atom. The molecule has 0 bridgehead atoms. The predicted octanol–water partition coefficient (Wildman–Crippen LogP) is 3.14. The molecule has 1 aliphatic heterocycles. The van der Waals surface area contributed by atoms with E-state index in [1.54, 1.807) is 11.3 Å². The summed E-state index contributed by atoms with van der Waals surface area (Å²) in [7, 11) is 0. The Bertz CT molecular complexity index is 970. The van der Waals surface area contributed by atoms with Crippen LogP contribution < -0.4 is 20.1 Å². The molecule has 5 nitrogen and oxygen atoms in total. The number of fused-ring (bicyclic) bond motifs is 1. The van der Waals surface area contributed by atoms with Crippen LogP contribution >= 0.6 is 11.3 Å². The molecule has 1 amide bonds. The molecule has 29 heavy (non-hydrogen) atoms. The summed E-state index contributed by atoms with van der Waals surface area (Å²) in [6.07, 6.45) is 0. The van der Waals surface area contributed by atoms with Gasteiger partial charge in [0.15, 0.2) is 17.5 Å². The van der Waals surface area contributed by atoms with E-state index < -0.39 is 0 Å². The van der Waals surface area contributed by atoms with Gasteiger partial charge in [-0.1, -0.05) is 42.0 Å². The molecule has 0 saturated heterocycles. The average molecular weight is 410 g/mol. The Morgan fingerprint density at radius 2 is 1.93 bits per heavy atom. The number of aryl methyl sites for hydroxylation is 1. The summed E-state index contributed by atoms with van der Waals surface area (Å²) in [6, 6.07) is 18.3. The van der Waals surface area contributed by atoms with Crippen molar-refractivity contribution in [2.24, 2.45) is 0 Å². The highest BCUT2D eigenvalue weighted by Crippen LogP contribution is 2.32. The standard InChI is InChI=1S/C23H24N2O3S/c1-15-5-8-18(9-6-15)22(21-4-3-11-29-21)25-16(2)23(26)24-13-17-7-10-19-20(12-17)28-14-27-19/h3-12,16,22,25H,13-14H2,1-2H3,(H,24,26)/p+1/t16-,22-/m1/s1. The second-order valence-corrected chi connectivity index (χ2v) is 8.27. The molecular formula is C23H25N2O3S+. The van der Waals surface area contributed by atoms with Crippen molar-refractivity contribution in [3.63, 3.8) is 0 Å². The molecule has 2 heterocycles. The van der Waals surface area contributed by atoms with Crippen LogP contribution in [0.3, 0.4) is 0 Å². The highest BCUT2D eigenvalue weighted by Gasteiger charge is 2.25. The van der Waals surface area contributed by atoms with Crippen LogP contribution in [0.15, 0.2) is 60.0 Å². The van der Waals surface area contributed by atoms with Crippen molar-refractivity contribution in [2.45, 2.75) is 32.5 Å². The number of thiophene rings is 1. The lowest BCUT2D eigenvalue weighted by molar-refractivity contribution is -0.704. The van der Waals surface area contributed by atoms with E-state index in [1.165, 1.54) is 16.0 Å². The molecule has 150 valence electrons. The van der Waals surface area contributed by atoms with Gasteiger partial charge in [0, 0.05) is 12.1 Å². The maximum absolute atomic E-state index is 12.7.